The van der Waals surface area contributed by atoms with Crippen molar-refractivity contribution in [2.75, 3.05) is 13.1 Å². The van der Waals surface area contributed by atoms with Crippen molar-refractivity contribution in [3.8, 4) is 0 Å². The van der Waals surface area contributed by atoms with Gasteiger partial charge in [-0.1, -0.05) is 36.4 Å². The van der Waals surface area contributed by atoms with Crippen LogP contribution in [0.2, 0.25) is 0 Å². The maximum Gasteiger partial charge on any atom is 0.299 e. The Balaban J connectivity index is 1.49. The van der Waals surface area contributed by atoms with E-state index in [9.17, 15) is 14.4 Å². The molecule has 6 nitrogen and oxygen atoms in total. The minimum absolute atomic E-state index is 0.137. The second-order valence-corrected chi connectivity index (χ2v) is 6.24. The summed E-state index contributed by atoms with van der Waals surface area (Å²) in [6.07, 6.45) is 4.59. The van der Waals surface area contributed by atoms with Crippen molar-refractivity contribution >= 4 is 28.5 Å². The number of nitrogens with zero attached hydrogens (tertiary/aromatic N) is 2. The molecule has 0 spiro atoms. The van der Waals surface area contributed by atoms with Crippen molar-refractivity contribution in [2.45, 2.75) is 0 Å². The van der Waals surface area contributed by atoms with Crippen molar-refractivity contribution < 1.29 is 14.4 Å². The highest BCUT2D eigenvalue weighted by molar-refractivity contribution is 6.45. The lowest BCUT2D eigenvalue weighted by Gasteiger charge is -2.28. The number of H-pyrrole nitrogens is 1. The Labute approximate surface area is 155 Å². The fourth-order valence-corrected chi connectivity index (χ4v) is 3.12. The molecule has 1 N–H and O–H groups in total. The molecule has 0 fully saturated rings. The molecular weight excluding hydrogens is 342 g/mol. The van der Waals surface area contributed by atoms with Crippen LogP contribution in [0.4, 0.5) is 0 Å². The number of carbonyl (C=O) groups excluding carboxylic acids is 3. The predicted octanol–water partition coefficient (Wildman–Crippen LogP) is 2.81. The normalized spacial score (nSPS) is 13.8. The largest absolute Gasteiger partial charge is 0.360 e. The highest BCUT2D eigenvalue weighted by atomic mass is 16.2. The second-order valence-electron chi connectivity index (χ2n) is 6.24. The molecule has 0 aliphatic carbocycles. The number of fused-ring (bicyclic) bond motifs is 1. The first-order valence-electron chi connectivity index (χ1n) is 8.61. The summed E-state index contributed by atoms with van der Waals surface area (Å²) >= 11 is 0. The van der Waals surface area contributed by atoms with Crippen molar-refractivity contribution in [1.82, 2.24) is 14.8 Å². The highest BCUT2D eigenvalue weighted by Crippen LogP contribution is 2.19. The lowest BCUT2D eigenvalue weighted by molar-refractivity contribution is -0.124. The van der Waals surface area contributed by atoms with E-state index in [-0.39, 0.29) is 12.5 Å². The molecule has 0 unspecified atom stereocenters. The van der Waals surface area contributed by atoms with Crippen LogP contribution in [-0.2, 0) is 4.79 Å². The molecule has 2 heterocycles. The lowest BCUT2D eigenvalue weighted by atomic mass is 10.1. The quantitative estimate of drug-likeness (QED) is 0.577. The number of Topliss-reactive ketones (excluding diaryl/α,β-unsaturated/α-hetero) is 1. The molecule has 1 aliphatic heterocycles. The van der Waals surface area contributed by atoms with E-state index in [1.165, 1.54) is 16.0 Å². The Kier molecular flexibility index (Phi) is 4.30. The maximum absolute atomic E-state index is 12.6. The van der Waals surface area contributed by atoms with Crippen LogP contribution in [-0.4, -0.2) is 45.5 Å². The number of nitrogens with one attached hydrogen (secondary N) is 1. The summed E-state index contributed by atoms with van der Waals surface area (Å²) in [6.45, 7) is 0.596. The fourth-order valence-electron chi connectivity index (χ4n) is 3.12. The van der Waals surface area contributed by atoms with Crippen molar-refractivity contribution in [3.63, 3.8) is 0 Å². The average Bonchev–Trinajstić information content (AvgIpc) is 3.17. The fraction of sp³-hybridized carbons (Fsp3) is 0.0952. The van der Waals surface area contributed by atoms with Gasteiger partial charge in [-0.05, 0) is 18.2 Å². The first-order valence-corrected chi connectivity index (χ1v) is 8.61. The molecule has 1 aliphatic rings. The number of aromatic amines is 1. The number of benzene rings is 2. The monoisotopic (exact) mass is 359 g/mol. The summed E-state index contributed by atoms with van der Waals surface area (Å²) in [5.41, 5.74) is 1.74. The van der Waals surface area contributed by atoms with Gasteiger partial charge < -0.3 is 14.8 Å². The highest BCUT2D eigenvalue weighted by Gasteiger charge is 2.27. The number of amides is 2. The van der Waals surface area contributed by atoms with Gasteiger partial charge in [0.25, 0.3) is 17.6 Å². The van der Waals surface area contributed by atoms with Gasteiger partial charge in [-0.2, -0.15) is 0 Å². The Morgan fingerprint density at radius 2 is 1.48 bits per heavy atom. The number of para-hydroxylation sites is 1. The maximum atomic E-state index is 12.6. The molecule has 2 amide bonds. The third-order valence-electron chi connectivity index (χ3n) is 4.58. The molecular formula is C21H17N3O3. The molecule has 0 bridgehead atoms. The summed E-state index contributed by atoms with van der Waals surface area (Å²) in [5.74, 6) is -1.32. The SMILES string of the molecule is O=C(C(=O)N1C=CN(C(=O)c2ccccc2)CC1)c1c[nH]c2ccccc12. The van der Waals surface area contributed by atoms with E-state index in [1.54, 1.807) is 42.7 Å². The minimum Gasteiger partial charge on any atom is -0.360 e. The van der Waals surface area contributed by atoms with Crippen LogP contribution in [0.15, 0.2) is 73.2 Å². The molecule has 3 aromatic rings. The summed E-state index contributed by atoms with van der Waals surface area (Å²) in [4.78, 5) is 43.6. The standard InChI is InChI=1S/C21H17N3O3/c25-19(17-14-22-18-9-5-4-8-16(17)18)21(27)24-12-10-23(11-13-24)20(26)15-6-2-1-3-7-15/h1-10,12,14,22H,11,13H2. The van der Waals surface area contributed by atoms with Gasteiger partial charge in [0, 0.05) is 48.2 Å². The Bertz CT molecular complexity index is 1050. The van der Waals surface area contributed by atoms with E-state index in [0.717, 1.165) is 10.9 Å². The first kappa shape index (κ1) is 16.8. The molecule has 0 saturated heterocycles. The first-order chi connectivity index (χ1) is 13.1. The number of hydrogen-bond donors (Lipinski definition) is 1. The van der Waals surface area contributed by atoms with Crippen LogP contribution in [0.3, 0.4) is 0 Å². The van der Waals surface area contributed by atoms with Crippen molar-refractivity contribution in [1.29, 1.82) is 0 Å². The third-order valence-corrected chi connectivity index (χ3v) is 4.58. The topological polar surface area (TPSA) is 73.5 Å². The molecule has 0 saturated carbocycles. The number of ketones is 1. The molecule has 0 atom stereocenters. The second kappa shape index (κ2) is 6.92. The van der Waals surface area contributed by atoms with Crippen LogP contribution >= 0.6 is 0 Å². The van der Waals surface area contributed by atoms with Gasteiger partial charge in [-0.25, -0.2) is 0 Å². The zero-order chi connectivity index (χ0) is 18.8. The van der Waals surface area contributed by atoms with Crippen LogP contribution in [0, 0.1) is 0 Å². The minimum atomic E-state index is -0.609. The third kappa shape index (κ3) is 3.13. The number of carbonyl (C=O) groups is 3. The Morgan fingerprint density at radius 1 is 0.815 bits per heavy atom. The summed E-state index contributed by atoms with van der Waals surface area (Å²) in [5, 5.41) is 0.720. The zero-order valence-corrected chi connectivity index (χ0v) is 14.5. The molecule has 1 aromatic heterocycles. The van der Waals surface area contributed by atoms with E-state index in [0.29, 0.717) is 17.7 Å². The van der Waals surface area contributed by atoms with E-state index >= 15 is 0 Å². The van der Waals surface area contributed by atoms with E-state index in [2.05, 4.69) is 4.98 Å². The van der Waals surface area contributed by atoms with E-state index < -0.39 is 11.7 Å². The molecule has 6 heteroatoms. The van der Waals surface area contributed by atoms with E-state index in [1.807, 2.05) is 24.3 Å². The average molecular weight is 359 g/mol. The molecule has 27 heavy (non-hydrogen) atoms. The van der Waals surface area contributed by atoms with Gasteiger partial charge in [0.05, 0.1) is 5.56 Å². The lowest BCUT2D eigenvalue weighted by Crippen LogP contribution is -2.42. The van der Waals surface area contributed by atoms with Gasteiger partial charge in [0.1, 0.15) is 0 Å². The molecule has 4 rings (SSSR count). The zero-order valence-electron chi connectivity index (χ0n) is 14.5. The van der Waals surface area contributed by atoms with Gasteiger partial charge in [0.2, 0.25) is 0 Å². The molecule has 2 aromatic carbocycles. The van der Waals surface area contributed by atoms with Gasteiger partial charge in [-0.3, -0.25) is 14.4 Å². The smallest absolute Gasteiger partial charge is 0.299 e. The van der Waals surface area contributed by atoms with Gasteiger partial charge in [0.15, 0.2) is 0 Å². The van der Waals surface area contributed by atoms with Gasteiger partial charge >= 0.3 is 0 Å². The number of rotatable bonds is 3. The van der Waals surface area contributed by atoms with Crippen molar-refractivity contribution in [2.24, 2.45) is 0 Å². The molecule has 0 radical (unpaired) electrons. The van der Waals surface area contributed by atoms with Crippen LogP contribution in [0.5, 0.6) is 0 Å². The predicted molar refractivity (Wildman–Crippen MR) is 101 cm³/mol. The van der Waals surface area contributed by atoms with E-state index in [4.69, 9.17) is 0 Å². The van der Waals surface area contributed by atoms with Crippen molar-refractivity contribution in [3.05, 3.63) is 84.3 Å². The summed E-state index contributed by atoms with van der Waals surface area (Å²) < 4.78 is 0. The number of hydrogen-bond acceptors (Lipinski definition) is 3. The number of aromatic nitrogens is 1. The molecule has 134 valence electrons. The van der Waals surface area contributed by atoms with Crippen LogP contribution in [0.1, 0.15) is 20.7 Å². The summed E-state index contributed by atoms with van der Waals surface area (Å²) in [7, 11) is 0. The van der Waals surface area contributed by atoms with Crippen LogP contribution in [0.25, 0.3) is 10.9 Å². The Hall–Kier alpha value is -3.67. The van der Waals surface area contributed by atoms with Crippen LogP contribution < -0.4 is 0 Å². The van der Waals surface area contributed by atoms with Gasteiger partial charge in [-0.15, -0.1) is 0 Å². The summed E-state index contributed by atoms with van der Waals surface area (Å²) in [6, 6.07) is 16.3. The Morgan fingerprint density at radius 3 is 2.22 bits per heavy atom.